The van der Waals surface area contributed by atoms with Crippen molar-refractivity contribution in [2.45, 2.75) is 11.8 Å². The molecule has 0 saturated heterocycles. The van der Waals surface area contributed by atoms with E-state index in [0.717, 1.165) is 22.6 Å². The van der Waals surface area contributed by atoms with E-state index >= 15 is 0 Å². The number of hydrogen-bond acceptors (Lipinski definition) is 5. The third kappa shape index (κ3) is 5.51. The van der Waals surface area contributed by atoms with Gasteiger partial charge in [-0.3, -0.25) is 0 Å². The zero-order valence-electron chi connectivity index (χ0n) is 10.9. The highest BCUT2D eigenvalue weighted by molar-refractivity contribution is 7.99. The molecule has 0 unspecified atom stereocenters. The van der Waals surface area contributed by atoms with Crippen LogP contribution in [0.4, 0.5) is 5.69 Å². The molecule has 19 heavy (non-hydrogen) atoms. The number of thioether (sulfide) groups is 1. The molecule has 2 N–H and O–H groups in total. The molecule has 0 bridgehead atoms. The van der Waals surface area contributed by atoms with Crippen LogP contribution in [0.2, 0.25) is 0 Å². The largest absolute Gasteiger partial charge is 0.383 e. The predicted molar refractivity (Wildman–Crippen MR) is 78.9 cm³/mol. The fraction of sp³-hybridized carbons (Fsp3) is 0.417. The number of nitrogens with one attached hydrogen (secondary N) is 2. The average molecular weight is 299 g/mol. The molecule has 0 aliphatic carbocycles. The van der Waals surface area contributed by atoms with Crippen molar-refractivity contribution in [3.05, 3.63) is 23.8 Å². The van der Waals surface area contributed by atoms with Gasteiger partial charge in [-0.1, -0.05) is 13.0 Å². The summed E-state index contributed by atoms with van der Waals surface area (Å²) in [6.07, 6.45) is 1.12. The highest BCUT2D eigenvalue weighted by atomic mass is 32.2. The summed E-state index contributed by atoms with van der Waals surface area (Å²) >= 11 is 1.61. The lowest BCUT2D eigenvalue weighted by atomic mass is 10.2. The van der Waals surface area contributed by atoms with Crippen LogP contribution >= 0.6 is 11.8 Å². The van der Waals surface area contributed by atoms with Crippen LogP contribution in [-0.2, 0) is 10.0 Å². The van der Waals surface area contributed by atoms with E-state index in [1.54, 1.807) is 11.8 Å². The molecule has 0 fully saturated rings. The van der Waals surface area contributed by atoms with Gasteiger partial charge >= 0.3 is 0 Å². The molecule has 0 heterocycles. The lowest BCUT2D eigenvalue weighted by molar-refractivity contribution is 0.589. The highest BCUT2D eigenvalue weighted by Gasteiger charge is 2.07. The predicted octanol–water partition coefficient (Wildman–Crippen LogP) is 1.63. The monoisotopic (exact) mass is 299 g/mol. The van der Waals surface area contributed by atoms with Crippen molar-refractivity contribution in [3.63, 3.8) is 0 Å². The Morgan fingerprint density at radius 2 is 2.11 bits per heavy atom. The average Bonchev–Trinajstić information content (AvgIpc) is 2.34. The van der Waals surface area contributed by atoms with Gasteiger partial charge in [-0.15, -0.1) is 11.8 Å². The van der Waals surface area contributed by atoms with Crippen LogP contribution in [-0.4, -0.2) is 33.5 Å². The van der Waals surface area contributed by atoms with Crippen molar-refractivity contribution >= 4 is 27.5 Å². The molecule has 0 aromatic heterocycles. The molecule has 104 valence electrons. The smallest absolute Gasteiger partial charge is 0.208 e. The van der Waals surface area contributed by atoms with Crippen molar-refractivity contribution in [1.82, 2.24) is 4.72 Å². The van der Waals surface area contributed by atoms with Crippen molar-refractivity contribution in [3.8, 4) is 6.07 Å². The maximum atomic E-state index is 10.9. The SMILES string of the molecule is CCSc1cccc(NCCNS(C)(=O)=O)c1C#N. The van der Waals surface area contributed by atoms with E-state index in [1.165, 1.54) is 0 Å². The van der Waals surface area contributed by atoms with Gasteiger partial charge in [0.2, 0.25) is 10.0 Å². The lowest BCUT2D eigenvalue weighted by Gasteiger charge is -2.11. The minimum atomic E-state index is -3.17. The number of hydrogen-bond donors (Lipinski definition) is 2. The van der Waals surface area contributed by atoms with Gasteiger partial charge in [0, 0.05) is 18.0 Å². The second-order valence-electron chi connectivity index (χ2n) is 3.82. The molecule has 0 radical (unpaired) electrons. The Hall–Kier alpha value is -1.23. The highest BCUT2D eigenvalue weighted by Crippen LogP contribution is 2.27. The second-order valence-corrected chi connectivity index (χ2v) is 6.96. The Balaban J connectivity index is 2.68. The van der Waals surface area contributed by atoms with Gasteiger partial charge in [0.05, 0.1) is 17.5 Å². The van der Waals surface area contributed by atoms with E-state index in [0.29, 0.717) is 12.1 Å². The third-order valence-corrected chi connectivity index (χ3v) is 3.91. The van der Waals surface area contributed by atoms with Gasteiger partial charge in [0.25, 0.3) is 0 Å². The second kappa shape index (κ2) is 7.38. The van der Waals surface area contributed by atoms with E-state index in [-0.39, 0.29) is 6.54 Å². The first-order chi connectivity index (χ1) is 8.98. The van der Waals surface area contributed by atoms with Crippen LogP contribution in [0.25, 0.3) is 0 Å². The summed E-state index contributed by atoms with van der Waals surface area (Å²) < 4.78 is 24.2. The summed E-state index contributed by atoms with van der Waals surface area (Å²) in [5.41, 5.74) is 1.34. The van der Waals surface area contributed by atoms with Crippen molar-refractivity contribution < 1.29 is 8.42 Å². The van der Waals surface area contributed by atoms with Crippen molar-refractivity contribution in [1.29, 1.82) is 5.26 Å². The van der Waals surface area contributed by atoms with Gasteiger partial charge in [-0.2, -0.15) is 5.26 Å². The molecule has 0 amide bonds. The number of nitrogens with zero attached hydrogens (tertiary/aromatic N) is 1. The molecule has 0 aliphatic heterocycles. The van der Waals surface area contributed by atoms with Crippen LogP contribution < -0.4 is 10.0 Å². The normalized spacial score (nSPS) is 11.0. The topological polar surface area (TPSA) is 82.0 Å². The Bertz CT molecular complexity index is 565. The third-order valence-electron chi connectivity index (χ3n) is 2.24. The first-order valence-corrected chi connectivity index (χ1v) is 8.70. The van der Waals surface area contributed by atoms with Crippen molar-refractivity contribution in [2.24, 2.45) is 0 Å². The zero-order chi connectivity index (χ0) is 14.3. The molecule has 0 saturated carbocycles. The van der Waals surface area contributed by atoms with E-state index < -0.39 is 10.0 Å². The molecule has 0 spiro atoms. The zero-order valence-corrected chi connectivity index (χ0v) is 12.6. The summed E-state index contributed by atoms with van der Waals surface area (Å²) in [6, 6.07) is 7.79. The maximum absolute atomic E-state index is 10.9. The van der Waals surface area contributed by atoms with Crippen LogP contribution in [0.15, 0.2) is 23.1 Å². The number of nitriles is 1. The van der Waals surface area contributed by atoms with Gasteiger partial charge < -0.3 is 5.32 Å². The quantitative estimate of drug-likeness (QED) is 0.591. The van der Waals surface area contributed by atoms with Gasteiger partial charge in [0.15, 0.2) is 0 Å². The minimum absolute atomic E-state index is 0.287. The minimum Gasteiger partial charge on any atom is -0.383 e. The molecule has 1 aromatic carbocycles. The molecule has 5 nitrogen and oxygen atoms in total. The Labute approximate surface area is 118 Å². The first-order valence-electron chi connectivity index (χ1n) is 5.82. The summed E-state index contributed by atoms with van der Waals surface area (Å²) in [5.74, 6) is 0.897. The standard InChI is InChI=1S/C12H17N3O2S2/c1-3-18-12-6-4-5-11(10(12)9-13)14-7-8-15-19(2,16)17/h4-6,14-15H,3,7-8H2,1-2H3. The molecular weight excluding hydrogens is 282 g/mol. The summed E-state index contributed by atoms with van der Waals surface area (Å²) in [5, 5.41) is 12.3. The summed E-state index contributed by atoms with van der Waals surface area (Å²) in [4.78, 5) is 0.936. The van der Waals surface area contributed by atoms with E-state index in [2.05, 4.69) is 16.1 Å². The Morgan fingerprint density at radius 1 is 1.37 bits per heavy atom. The van der Waals surface area contributed by atoms with Gasteiger partial charge in [0.1, 0.15) is 6.07 Å². The van der Waals surface area contributed by atoms with E-state index in [4.69, 9.17) is 0 Å². The molecule has 7 heteroatoms. The fourth-order valence-electron chi connectivity index (χ4n) is 1.50. The van der Waals surface area contributed by atoms with E-state index in [9.17, 15) is 13.7 Å². The van der Waals surface area contributed by atoms with Gasteiger partial charge in [-0.05, 0) is 17.9 Å². The number of sulfonamides is 1. The molecule has 1 rings (SSSR count). The molecule has 0 aliphatic rings. The fourth-order valence-corrected chi connectivity index (χ4v) is 2.76. The van der Waals surface area contributed by atoms with Crippen LogP contribution in [0.5, 0.6) is 0 Å². The Morgan fingerprint density at radius 3 is 2.68 bits per heavy atom. The summed E-state index contributed by atoms with van der Waals surface area (Å²) in [6.45, 7) is 2.75. The van der Waals surface area contributed by atoms with Gasteiger partial charge in [-0.25, -0.2) is 13.1 Å². The van der Waals surface area contributed by atoms with Crippen LogP contribution in [0, 0.1) is 11.3 Å². The first kappa shape index (κ1) is 15.8. The van der Waals surface area contributed by atoms with Crippen molar-refractivity contribution in [2.75, 3.05) is 30.4 Å². The number of rotatable bonds is 7. The maximum Gasteiger partial charge on any atom is 0.208 e. The van der Waals surface area contributed by atoms with Crippen LogP contribution in [0.3, 0.4) is 0 Å². The van der Waals surface area contributed by atoms with Crippen LogP contribution in [0.1, 0.15) is 12.5 Å². The number of anilines is 1. The summed E-state index contributed by atoms with van der Waals surface area (Å²) in [7, 11) is -3.17. The molecular formula is C12H17N3O2S2. The number of benzene rings is 1. The van der Waals surface area contributed by atoms with E-state index in [1.807, 2.05) is 25.1 Å². The molecule has 0 atom stereocenters. The lowest BCUT2D eigenvalue weighted by Crippen LogP contribution is -2.27. The Kier molecular flexibility index (Phi) is 6.15. The molecule has 1 aromatic rings.